The normalized spacial score (nSPS) is 13.1. The van der Waals surface area contributed by atoms with Gasteiger partial charge in [-0.1, -0.05) is 51.9 Å². The summed E-state index contributed by atoms with van der Waals surface area (Å²) < 4.78 is 43.4. The van der Waals surface area contributed by atoms with Gasteiger partial charge in [-0.3, -0.25) is 0 Å². The van der Waals surface area contributed by atoms with Gasteiger partial charge in [0.15, 0.2) is 0 Å². The number of benzene rings is 1. The highest BCUT2D eigenvalue weighted by molar-refractivity contribution is 5.17. The van der Waals surface area contributed by atoms with E-state index >= 15 is 0 Å². The van der Waals surface area contributed by atoms with E-state index in [0.29, 0.717) is 12.0 Å². The van der Waals surface area contributed by atoms with E-state index in [2.05, 4.69) is 6.92 Å². The monoisotopic (exact) mass is 400 g/mol. The highest BCUT2D eigenvalue weighted by Gasteiger charge is 2.39. The molecule has 0 saturated carbocycles. The lowest BCUT2D eigenvalue weighted by Gasteiger charge is -2.36. The Bertz CT molecular complexity index is 504. The van der Waals surface area contributed by atoms with E-state index in [1.54, 1.807) is 21.3 Å². The molecule has 1 atom stereocenters. The highest BCUT2D eigenvalue weighted by Crippen LogP contribution is 2.33. The van der Waals surface area contributed by atoms with Crippen LogP contribution in [0.4, 0.5) is 8.78 Å². The molecule has 0 radical (unpaired) electrons. The lowest BCUT2D eigenvalue weighted by molar-refractivity contribution is -0.380. The number of unbranched alkanes of at least 4 members (excludes halogenated alkanes) is 6. The number of halogens is 2. The van der Waals surface area contributed by atoms with Gasteiger partial charge >= 0.3 is 0 Å². The molecule has 0 aromatic heterocycles. The molecule has 1 rings (SSSR count). The zero-order valence-corrected chi connectivity index (χ0v) is 18.1. The number of methoxy groups -OCH3 is 3. The third-order valence-corrected chi connectivity index (χ3v) is 5.45. The standard InChI is InChI=1S/C23H38F2O3/c1-5-6-7-8-9-10-14-20(23(26-2,27-3)28-4)15-12-11-13-19-16-21(24)18-22(25)17-19/h16-18,20H,5-15H2,1-4H3. The number of hydrogen-bond donors (Lipinski definition) is 0. The topological polar surface area (TPSA) is 27.7 Å². The Balaban J connectivity index is 2.53. The van der Waals surface area contributed by atoms with E-state index in [4.69, 9.17) is 14.2 Å². The number of hydrogen-bond acceptors (Lipinski definition) is 3. The van der Waals surface area contributed by atoms with Gasteiger partial charge in [0.05, 0.1) is 0 Å². The minimum Gasteiger partial charge on any atom is -0.331 e. The maximum atomic E-state index is 13.3. The summed E-state index contributed by atoms with van der Waals surface area (Å²) in [6.07, 6.45) is 11.7. The van der Waals surface area contributed by atoms with Crippen molar-refractivity contribution in [1.82, 2.24) is 0 Å². The summed E-state index contributed by atoms with van der Waals surface area (Å²) in [6.45, 7) is 2.22. The SMILES string of the molecule is CCCCCCCCC(CCCCc1cc(F)cc(F)c1)C(OC)(OC)OC. The van der Waals surface area contributed by atoms with Crippen molar-refractivity contribution < 1.29 is 23.0 Å². The first-order valence-corrected chi connectivity index (χ1v) is 10.6. The Morgan fingerprint density at radius 2 is 1.25 bits per heavy atom. The average Bonchev–Trinajstić information content (AvgIpc) is 2.68. The van der Waals surface area contributed by atoms with Crippen molar-refractivity contribution in [2.75, 3.05) is 21.3 Å². The van der Waals surface area contributed by atoms with E-state index in [9.17, 15) is 8.78 Å². The largest absolute Gasteiger partial charge is 0.331 e. The first kappa shape index (κ1) is 25.0. The van der Waals surface area contributed by atoms with Gasteiger partial charge in [0, 0.05) is 33.3 Å². The van der Waals surface area contributed by atoms with E-state index in [0.717, 1.165) is 38.2 Å². The summed E-state index contributed by atoms with van der Waals surface area (Å²) in [5, 5.41) is 0. The van der Waals surface area contributed by atoms with Gasteiger partial charge in [-0.05, 0) is 43.4 Å². The van der Waals surface area contributed by atoms with Crippen LogP contribution in [0.2, 0.25) is 0 Å². The Labute approximate surface area is 169 Å². The molecular formula is C23H38F2O3. The molecular weight excluding hydrogens is 362 g/mol. The van der Waals surface area contributed by atoms with Crippen LogP contribution in [0.15, 0.2) is 18.2 Å². The van der Waals surface area contributed by atoms with Gasteiger partial charge < -0.3 is 14.2 Å². The summed E-state index contributed by atoms with van der Waals surface area (Å²) in [5.74, 6) is -1.96. The van der Waals surface area contributed by atoms with Gasteiger partial charge in [0.25, 0.3) is 5.97 Å². The van der Waals surface area contributed by atoms with Gasteiger partial charge in [-0.25, -0.2) is 8.78 Å². The van der Waals surface area contributed by atoms with E-state index < -0.39 is 17.6 Å². The molecule has 0 fully saturated rings. The predicted molar refractivity (Wildman–Crippen MR) is 109 cm³/mol. The highest BCUT2D eigenvalue weighted by atomic mass is 19.1. The Morgan fingerprint density at radius 3 is 1.79 bits per heavy atom. The van der Waals surface area contributed by atoms with Gasteiger partial charge in [-0.15, -0.1) is 0 Å². The van der Waals surface area contributed by atoms with Crippen molar-refractivity contribution in [2.24, 2.45) is 5.92 Å². The second-order valence-corrected chi connectivity index (χ2v) is 7.49. The first-order valence-electron chi connectivity index (χ1n) is 10.6. The number of rotatable bonds is 16. The molecule has 0 amide bonds. The molecule has 0 bridgehead atoms. The van der Waals surface area contributed by atoms with Crippen molar-refractivity contribution in [1.29, 1.82) is 0 Å². The molecule has 1 aromatic rings. The van der Waals surface area contributed by atoms with Crippen LogP contribution in [0.3, 0.4) is 0 Å². The van der Waals surface area contributed by atoms with Crippen LogP contribution in [-0.4, -0.2) is 27.3 Å². The second-order valence-electron chi connectivity index (χ2n) is 7.49. The van der Waals surface area contributed by atoms with Crippen molar-refractivity contribution >= 4 is 0 Å². The quantitative estimate of drug-likeness (QED) is 0.230. The van der Waals surface area contributed by atoms with Crippen molar-refractivity contribution in [2.45, 2.75) is 83.5 Å². The first-order chi connectivity index (χ1) is 13.5. The summed E-state index contributed by atoms with van der Waals surface area (Å²) in [7, 11) is 4.82. The van der Waals surface area contributed by atoms with E-state index in [1.165, 1.54) is 44.2 Å². The summed E-state index contributed by atoms with van der Waals surface area (Å²) in [5.41, 5.74) is 0.696. The maximum absolute atomic E-state index is 13.3. The van der Waals surface area contributed by atoms with Crippen molar-refractivity contribution in [3.8, 4) is 0 Å². The molecule has 0 N–H and O–H groups in total. The fourth-order valence-corrected chi connectivity index (χ4v) is 3.89. The Kier molecular flexibility index (Phi) is 12.5. The molecule has 5 heteroatoms. The fraction of sp³-hybridized carbons (Fsp3) is 0.739. The van der Waals surface area contributed by atoms with Crippen LogP contribution in [-0.2, 0) is 20.6 Å². The third kappa shape index (κ3) is 8.54. The van der Waals surface area contributed by atoms with Crippen molar-refractivity contribution in [3.63, 3.8) is 0 Å². The number of ether oxygens (including phenoxy) is 3. The summed E-state index contributed by atoms with van der Waals surface area (Å²) >= 11 is 0. The smallest absolute Gasteiger partial charge is 0.285 e. The zero-order valence-electron chi connectivity index (χ0n) is 18.1. The van der Waals surface area contributed by atoms with Crippen LogP contribution in [0.25, 0.3) is 0 Å². The van der Waals surface area contributed by atoms with Gasteiger partial charge in [0.1, 0.15) is 11.6 Å². The molecule has 0 saturated heterocycles. The molecule has 162 valence electrons. The molecule has 3 nitrogen and oxygen atoms in total. The van der Waals surface area contributed by atoms with Crippen LogP contribution in [0.1, 0.15) is 76.7 Å². The molecule has 0 heterocycles. The second kappa shape index (κ2) is 14.0. The average molecular weight is 401 g/mol. The predicted octanol–water partition coefficient (Wildman–Crippen LogP) is 6.64. The lowest BCUT2D eigenvalue weighted by atomic mass is 9.91. The minimum absolute atomic E-state index is 0.114. The maximum Gasteiger partial charge on any atom is 0.285 e. The molecule has 1 aromatic carbocycles. The molecule has 28 heavy (non-hydrogen) atoms. The molecule has 0 spiro atoms. The van der Waals surface area contributed by atoms with Crippen LogP contribution >= 0.6 is 0 Å². The van der Waals surface area contributed by atoms with Gasteiger partial charge in [-0.2, -0.15) is 0 Å². The fourth-order valence-electron chi connectivity index (χ4n) is 3.89. The number of aryl methyl sites for hydroxylation is 1. The van der Waals surface area contributed by atoms with Crippen LogP contribution < -0.4 is 0 Å². The molecule has 0 aliphatic carbocycles. The Morgan fingerprint density at radius 1 is 0.750 bits per heavy atom. The summed E-state index contributed by atoms with van der Waals surface area (Å²) in [6, 6.07) is 3.71. The lowest BCUT2D eigenvalue weighted by Crippen LogP contribution is -2.44. The van der Waals surface area contributed by atoms with E-state index in [-0.39, 0.29) is 5.92 Å². The van der Waals surface area contributed by atoms with Crippen LogP contribution in [0.5, 0.6) is 0 Å². The summed E-state index contributed by atoms with van der Waals surface area (Å²) in [4.78, 5) is 0. The zero-order chi connectivity index (χ0) is 20.8. The molecule has 0 aliphatic heterocycles. The van der Waals surface area contributed by atoms with E-state index in [1.807, 2.05) is 0 Å². The van der Waals surface area contributed by atoms with Gasteiger partial charge in [0.2, 0.25) is 0 Å². The molecule has 0 aliphatic rings. The van der Waals surface area contributed by atoms with Crippen molar-refractivity contribution in [3.05, 3.63) is 35.4 Å². The van der Waals surface area contributed by atoms with Crippen LogP contribution in [0, 0.1) is 17.6 Å². The minimum atomic E-state index is -1.03. The molecule has 1 unspecified atom stereocenters. The Hall–Kier alpha value is -1.04. The third-order valence-electron chi connectivity index (χ3n) is 5.45.